The minimum absolute atomic E-state index is 0.771. The number of aliphatic hydroxyl groups is 1. The number of alkyl halides is 3. The summed E-state index contributed by atoms with van der Waals surface area (Å²) in [6.07, 6.45) is -6.76. The summed E-state index contributed by atoms with van der Waals surface area (Å²) in [5.41, 5.74) is 0. The SMILES string of the molecule is CS(=O)(=O)CC(=O)NCC(O)C(F)(F)F. The summed E-state index contributed by atoms with van der Waals surface area (Å²) in [5.74, 6) is -1.99. The van der Waals surface area contributed by atoms with Gasteiger partial charge in [0.05, 0.1) is 6.54 Å². The highest BCUT2D eigenvalue weighted by molar-refractivity contribution is 7.91. The van der Waals surface area contributed by atoms with Gasteiger partial charge in [-0.3, -0.25) is 4.79 Å². The van der Waals surface area contributed by atoms with Crippen molar-refractivity contribution in [2.75, 3.05) is 18.6 Å². The monoisotopic (exact) mass is 249 g/mol. The zero-order valence-corrected chi connectivity index (χ0v) is 8.52. The van der Waals surface area contributed by atoms with Crippen LogP contribution in [0.15, 0.2) is 0 Å². The van der Waals surface area contributed by atoms with Crippen LogP contribution >= 0.6 is 0 Å². The molecule has 2 N–H and O–H groups in total. The Bertz CT molecular complexity index is 324. The number of carbonyl (C=O) groups is 1. The van der Waals surface area contributed by atoms with Crippen molar-refractivity contribution in [1.82, 2.24) is 5.32 Å². The van der Waals surface area contributed by atoms with E-state index in [9.17, 15) is 26.4 Å². The van der Waals surface area contributed by atoms with E-state index in [1.807, 2.05) is 0 Å². The highest BCUT2D eigenvalue weighted by Gasteiger charge is 2.38. The third-order valence-electron chi connectivity index (χ3n) is 1.26. The second kappa shape index (κ2) is 4.79. The molecule has 0 aliphatic rings. The van der Waals surface area contributed by atoms with Gasteiger partial charge < -0.3 is 10.4 Å². The summed E-state index contributed by atoms with van der Waals surface area (Å²) >= 11 is 0. The van der Waals surface area contributed by atoms with Gasteiger partial charge in [0.2, 0.25) is 5.91 Å². The van der Waals surface area contributed by atoms with Crippen molar-refractivity contribution < 1.29 is 31.5 Å². The number of hydrogen-bond donors (Lipinski definition) is 2. The smallest absolute Gasteiger partial charge is 0.382 e. The first-order valence-electron chi connectivity index (χ1n) is 3.71. The summed E-state index contributed by atoms with van der Waals surface area (Å²) in [6.45, 7) is -1.06. The van der Waals surface area contributed by atoms with E-state index in [4.69, 9.17) is 5.11 Å². The molecule has 0 fully saturated rings. The second-order valence-corrected chi connectivity index (χ2v) is 5.07. The molecule has 0 spiro atoms. The summed E-state index contributed by atoms with van der Waals surface area (Å²) < 4.78 is 56.2. The summed E-state index contributed by atoms with van der Waals surface area (Å²) in [7, 11) is -3.58. The Balaban J connectivity index is 4.03. The predicted molar refractivity (Wildman–Crippen MR) is 44.8 cm³/mol. The Kier molecular flexibility index (Phi) is 4.53. The molecule has 0 bridgehead atoms. The molecule has 1 amide bonds. The molecular formula is C6H10F3NO4S. The van der Waals surface area contributed by atoms with Gasteiger partial charge in [-0.05, 0) is 0 Å². The lowest BCUT2D eigenvalue weighted by atomic mass is 10.3. The van der Waals surface area contributed by atoms with Crippen molar-refractivity contribution in [2.45, 2.75) is 12.3 Å². The number of halogens is 3. The molecule has 1 unspecified atom stereocenters. The maximum atomic E-state index is 11.7. The minimum Gasteiger partial charge on any atom is -0.382 e. The van der Waals surface area contributed by atoms with E-state index in [1.54, 1.807) is 5.32 Å². The first-order valence-corrected chi connectivity index (χ1v) is 5.77. The Hall–Kier alpha value is -0.830. The lowest BCUT2D eigenvalue weighted by Gasteiger charge is -2.14. The molecule has 0 aliphatic carbocycles. The molecule has 0 aliphatic heterocycles. The molecule has 90 valence electrons. The summed E-state index contributed by atoms with van der Waals surface area (Å²) in [4.78, 5) is 10.7. The largest absolute Gasteiger partial charge is 0.416 e. The van der Waals surface area contributed by atoms with Crippen molar-refractivity contribution in [3.8, 4) is 0 Å². The Labute approximate surface area is 84.2 Å². The van der Waals surface area contributed by atoms with E-state index < -0.39 is 40.3 Å². The van der Waals surface area contributed by atoms with Crippen LogP contribution in [-0.4, -0.2) is 50.3 Å². The molecule has 0 heterocycles. The molecule has 0 aromatic carbocycles. The number of carbonyl (C=O) groups excluding carboxylic acids is 1. The molecule has 0 rings (SSSR count). The van der Waals surface area contributed by atoms with Gasteiger partial charge in [-0.25, -0.2) is 8.42 Å². The zero-order valence-electron chi connectivity index (χ0n) is 7.71. The molecule has 15 heavy (non-hydrogen) atoms. The first-order chi connectivity index (χ1) is 6.52. The fraction of sp³-hybridized carbons (Fsp3) is 0.833. The fourth-order valence-electron chi connectivity index (χ4n) is 0.615. The Morgan fingerprint density at radius 3 is 2.27 bits per heavy atom. The van der Waals surface area contributed by atoms with Gasteiger partial charge in [-0.1, -0.05) is 0 Å². The van der Waals surface area contributed by atoms with Crippen LogP contribution in [0.5, 0.6) is 0 Å². The van der Waals surface area contributed by atoms with E-state index in [0.717, 1.165) is 6.26 Å². The van der Waals surface area contributed by atoms with Gasteiger partial charge >= 0.3 is 6.18 Å². The van der Waals surface area contributed by atoms with Gasteiger partial charge in [-0.2, -0.15) is 13.2 Å². The predicted octanol–water partition coefficient (Wildman–Crippen LogP) is -0.930. The van der Waals surface area contributed by atoms with Crippen LogP contribution in [0.3, 0.4) is 0 Å². The second-order valence-electron chi connectivity index (χ2n) is 2.93. The average Bonchev–Trinajstić information content (AvgIpc) is 1.94. The maximum absolute atomic E-state index is 11.7. The number of hydrogen-bond acceptors (Lipinski definition) is 4. The quantitative estimate of drug-likeness (QED) is 0.674. The molecular weight excluding hydrogens is 239 g/mol. The van der Waals surface area contributed by atoms with E-state index in [-0.39, 0.29) is 0 Å². The molecule has 0 aromatic heterocycles. The lowest BCUT2D eigenvalue weighted by molar-refractivity contribution is -0.201. The van der Waals surface area contributed by atoms with Crippen LogP contribution in [0.2, 0.25) is 0 Å². The molecule has 9 heteroatoms. The summed E-state index contributed by atoms with van der Waals surface area (Å²) in [6, 6.07) is 0. The maximum Gasteiger partial charge on any atom is 0.416 e. The minimum atomic E-state index is -4.83. The average molecular weight is 249 g/mol. The standard InChI is InChI=1S/C6H10F3NO4S/c1-15(13,14)3-5(12)10-2-4(11)6(7,8)9/h4,11H,2-3H2,1H3,(H,10,12). The van der Waals surface area contributed by atoms with Crippen molar-refractivity contribution >= 4 is 15.7 Å². The number of nitrogens with one attached hydrogen (secondary N) is 1. The van der Waals surface area contributed by atoms with Crippen molar-refractivity contribution in [3.63, 3.8) is 0 Å². The molecule has 0 aromatic rings. The number of rotatable bonds is 4. The van der Waals surface area contributed by atoms with Crippen molar-refractivity contribution in [2.24, 2.45) is 0 Å². The van der Waals surface area contributed by atoms with Crippen LogP contribution in [-0.2, 0) is 14.6 Å². The molecule has 5 nitrogen and oxygen atoms in total. The summed E-state index contributed by atoms with van der Waals surface area (Å²) in [5, 5.41) is 10.1. The van der Waals surface area contributed by atoms with Gasteiger partial charge in [0.1, 0.15) is 5.75 Å². The molecule has 0 radical (unpaired) electrons. The Morgan fingerprint density at radius 1 is 1.47 bits per heavy atom. The molecule has 0 saturated carbocycles. The highest BCUT2D eigenvalue weighted by Crippen LogP contribution is 2.18. The highest BCUT2D eigenvalue weighted by atomic mass is 32.2. The first kappa shape index (κ1) is 14.2. The third kappa shape index (κ3) is 7.14. The van der Waals surface area contributed by atoms with Gasteiger partial charge in [-0.15, -0.1) is 0 Å². The van der Waals surface area contributed by atoms with E-state index >= 15 is 0 Å². The van der Waals surface area contributed by atoms with Crippen LogP contribution < -0.4 is 5.32 Å². The topological polar surface area (TPSA) is 83.5 Å². The van der Waals surface area contributed by atoms with Crippen LogP contribution in [0.1, 0.15) is 0 Å². The fourth-order valence-corrected chi connectivity index (χ4v) is 1.19. The van der Waals surface area contributed by atoms with Gasteiger partial charge in [0, 0.05) is 6.26 Å². The third-order valence-corrected chi connectivity index (χ3v) is 2.05. The number of amides is 1. The Morgan fingerprint density at radius 2 is 1.93 bits per heavy atom. The van der Waals surface area contributed by atoms with Crippen LogP contribution in [0, 0.1) is 0 Å². The van der Waals surface area contributed by atoms with E-state index in [0.29, 0.717) is 0 Å². The molecule has 1 atom stereocenters. The normalized spacial score (nSPS) is 14.7. The lowest BCUT2D eigenvalue weighted by Crippen LogP contribution is -2.42. The zero-order chi connectivity index (χ0) is 12.3. The van der Waals surface area contributed by atoms with E-state index in [1.165, 1.54) is 0 Å². The van der Waals surface area contributed by atoms with Crippen LogP contribution in [0.25, 0.3) is 0 Å². The number of aliphatic hydroxyl groups excluding tert-OH is 1. The van der Waals surface area contributed by atoms with Crippen molar-refractivity contribution in [1.29, 1.82) is 0 Å². The van der Waals surface area contributed by atoms with E-state index in [2.05, 4.69) is 0 Å². The van der Waals surface area contributed by atoms with Gasteiger partial charge in [0.25, 0.3) is 0 Å². The number of sulfone groups is 1. The van der Waals surface area contributed by atoms with Gasteiger partial charge in [0.15, 0.2) is 15.9 Å². The molecule has 0 saturated heterocycles. The van der Waals surface area contributed by atoms with Crippen LogP contribution in [0.4, 0.5) is 13.2 Å². The van der Waals surface area contributed by atoms with Crippen molar-refractivity contribution in [3.05, 3.63) is 0 Å².